The molecule has 0 bridgehead atoms. The Labute approximate surface area is 143 Å². The van der Waals surface area contributed by atoms with Crippen LogP contribution in [0.25, 0.3) is 0 Å². The number of halogens is 1. The molecule has 2 N–H and O–H groups in total. The van der Waals surface area contributed by atoms with E-state index in [1.807, 2.05) is 0 Å². The summed E-state index contributed by atoms with van der Waals surface area (Å²) in [6.07, 6.45) is 6.59. The number of hydrogen-bond acceptors (Lipinski definition) is 5. The third kappa shape index (κ3) is 4.54. The number of carbonyl (C=O) groups excluding carboxylic acids is 1. The van der Waals surface area contributed by atoms with Crippen molar-refractivity contribution in [3.05, 3.63) is 18.1 Å². The summed E-state index contributed by atoms with van der Waals surface area (Å²) in [6, 6.07) is 2.38. The number of aryl methyl sites for hydroxylation is 1. The van der Waals surface area contributed by atoms with E-state index in [1.165, 1.54) is 0 Å². The molecule has 128 valence electrons. The van der Waals surface area contributed by atoms with Gasteiger partial charge in [0, 0.05) is 30.9 Å². The molecular weight excluding hydrogens is 314 g/mol. The minimum absolute atomic E-state index is 0. The lowest BCUT2D eigenvalue weighted by atomic mass is 10.0. The lowest BCUT2D eigenvalue weighted by Crippen LogP contribution is -2.49. The van der Waals surface area contributed by atoms with Crippen molar-refractivity contribution in [2.24, 2.45) is 0 Å². The zero-order chi connectivity index (χ0) is 15.4. The number of rotatable bonds is 4. The first kappa shape index (κ1) is 17.9. The summed E-state index contributed by atoms with van der Waals surface area (Å²) >= 11 is 0. The van der Waals surface area contributed by atoms with Crippen molar-refractivity contribution < 1.29 is 4.79 Å². The third-order valence-electron chi connectivity index (χ3n) is 4.61. The van der Waals surface area contributed by atoms with E-state index in [0.29, 0.717) is 6.04 Å². The molecule has 1 aromatic heterocycles. The number of carbonyl (C=O) groups is 1. The summed E-state index contributed by atoms with van der Waals surface area (Å²) in [5, 5.41) is 6.45. The maximum atomic E-state index is 12.1. The number of aromatic nitrogens is 2. The van der Waals surface area contributed by atoms with Crippen molar-refractivity contribution in [1.29, 1.82) is 0 Å². The van der Waals surface area contributed by atoms with E-state index in [4.69, 9.17) is 0 Å². The molecule has 2 saturated heterocycles. The fourth-order valence-corrected chi connectivity index (χ4v) is 3.22. The van der Waals surface area contributed by atoms with Crippen molar-refractivity contribution in [3.63, 3.8) is 0 Å². The topological polar surface area (TPSA) is 70.2 Å². The van der Waals surface area contributed by atoms with Gasteiger partial charge in [0.1, 0.15) is 12.1 Å². The molecule has 1 unspecified atom stereocenters. The predicted octanol–water partition coefficient (Wildman–Crippen LogP) is 1.30. The van der Waals surface area contributed by atoms with Gasteiger partial charge in [-0.05, 0) is 38.6 Å². The Morgan fingerprint density at radius 1 is 1.35 bits per heavy atom. The normalized spacial score (nSPS) is 21.8. The van der Waals surface area contributed by atoms with Crippen molar-refractivity contribution in [2.45, 2.75) is 51.1 Å². The fourth-order valence-electron chi connectivity index (χ4n) is 3.22. The van der Waals surface area contributed by atoms with Crippen LogP contribution in [0.4, 0.5) is 5.82 Å². The second-order valence-electron chi connectivity index (χ2n) is 6.14. The van der Waals surface area contributed by atoms with Crippen LogP contribution in [-0.4, -0.2) is 47.6 Å². The molecular formula is C16H26ClN5O. The predicted molar refractivity (Wildman–Crippen MR) is 93.1 cm³/mol. The molecule has 0 radical (unpaired) electrons. The van der Waals surface area contributed by atoms with Gasteiger partial charge in [-0.2, -0.15) is 0 Å². The van der Waals surface area contributed by atoms with Crippen LogP contribution in [0.2, 0.25) is 0 Å². The van der Waals surface area contributed by atoms with Crippen LogP contribution >= 0.6 is 12.4 Å². The minimum atomic E-state index is 0. The number of amides is 1. The maximum Gasteiger partial charge on any atom is 0.237 e. The van der Waals surface area contributed by atoms with Crippen LogP contribution in [0.15, 0.2) is 12.4 Å². The monoisotopic (exact) mass is 339 g/mol. The summed E-state index contributed by atoms with van der Waals surface area (Å²) in [5.41, 5.74) is 1.08. The molecule has 0 aromatic carbocycles. The van der Waals surface area contributed by atoms with E-state index in [1.54, 1.807) is 6.33 Å². The zero-order valence-corrected chi connectivity index (χ0v) is 14.4. The Morgan fingerprint density at radius 2 is 2.13 bits per heavy atom. The van der Waals surface area contributed by atoms with Crippen molar-refractivity contribution >= 4 is 24.1 Å². The van der Waals surface area contributed by atoms with Crippen LogP contribution in [-0.2, 0) is 11.2 Å². The fraction of sp³-hybridized carbons (Fsp3) is 0.688. The van der Waals surface area contributed by atoms with Crippen molar-refractivity contribution in [2.75, 3.05) is 24.5 Å². The van der Waals surface area contributed by atoms with Gasteiger partial charge < -0.3 is 15.5 Å². The van der Waals surface area contributed by atoms with Gasteiger partial charge in [-0.15, -0.1) is 12.4 Å². The van der Waals surface area contributed by atoms with E-state index in [-0.39, 0.29) is 24.4 Å². The quantitative estimate of drug-likeness (QED) is 0.865. The number of anilines is 1. The first-order valence-corrected chi connectivity index (χ1v) is 8.36. The van der Waals surface area contributed by atoms with Crippen LogP contribution in [0.3, 0.4) is 0 Å². The van der Waals surface area contributed by atoms with Gasteiger partial charge in [-0.25, -0.2) is 9.97 Å². The average molecular weight is 340 g/mol. The van der Waals surface area contributed by atoms with E-state index < -0.39 is 0 Å². The lowest BCUT2D eigenvalue weighted by Gasteiger charge is -2.33. The zero-order valence-electron chi connectivity index (χ0n) is 13.6. The highest BCUT2D eigenvalue weighted by atomic mass is 35.5. The van der Waals surface area contributed by atoms with E-state index in [9.17, 15) is 4.79 Å². The molecule has 23 heavy (non-hydrogen) atoms. The third-order valence-corrected chi connectivity index (χ3v) is 4.61. The van der Waals surface area contributed by atoms with E-state index in [0.717, 1.165) is 63.3 Å². The number of hydrogen-bond donors (Lipinski definition) is 2. The minimum Gasteiger partial charge on any atom is -0.356 e. The molecule has 3 heterocycles. The van der Waals surface area contributed by atoms with Crippen molar-refractivity contribution in [3.8, 4) is 0 Å². The Kier molecular flexibility index (Phi) is 6.59. The largest absolute Gasteiger partial charge is 0.356 e. The highest BCUT2D eigenvalue weighted by Crippen LogP contribution is 2.18. The first-order chi connectivity index (χ1) is 10.8. The second kappa shape index (κ2) is 8.45. The van der Waals surface area contributed by atoms with Gasteiger partial charge >= 0.3 is 0 Å². The van der Waals surface area contributed by atoms with E-state index >= 15 is 0 Å². The van der Waals surface area contributed by atoms with Gasteiger partial charge in [0.25, 0.3) is 0 Å². The molecule has 0 aliphatic carbocycles. The standard InChI is InChI=1S/C16H25N5O.ClH/c1-2-12-10-15(19-11-18-12)21-8-5-13(6-9-21)20-16(22)14-4-3-7-17-14;/h10-11,13-14,17H,2-9H2,1H3,(H,20,22);1H. The van der Waals surface area contributed by atoms with Crippen LogP contribution < -0.4 is 15.5 Å². The molecule has 0 saturated carbocycles. The van der Waals surface area contributed by atoms with Crippen LogP contribution in [0.5, 0.6) is 0 Å². The Hall–Kier alpha value is -1.40. The molecule has 2 aliphatic rings. The van der Waals surface area contributed by atoms with Gasteiger partial charge in [-0.3, -0.25) is 4.79 Å². The molecule has 0 spiro atoms. The summed E-state index contributed by atoms with van der Waals surface area (Å²) in [7, 11) is 0. The lowest BCUT2D eigenvalue weighted by molar-refractivity contribution is -0.123. The second-order valence-corrected chi connectivity index (χ2v) is 6.14. The van der Waals surface area contributed by atoms with Gasteiger partial charge in [-0.1, -0.05) is 6.92 Å². The summed E-state index contributed by atoms with van der Waals surface area (Å²) in [4.78, 5) is 23.1. The van der Waals surface area contributed by atoms with Crippen molar-refractivity contribution in [1.82, 2.24) is 20.6 Å². The molecule has 1 atom stereocenters. The summed E-state index contributed by atoms with van der Waals surface area (Å²) in [5.74, 6) is 1.18. The highest BCUT2D eigenvalue weighted by Gasteiger charge is 2.26. The molecule has 1 aromatic rings. The van der Waals surface area contributed by atoms with Gasteiger partial charge in [0.05, 0.1) is 6.04 Å². The first-order valence-electron chi connectivity index (χ1n) is 8.36. The Morgan fingerprint density at radius 3 is 2.78 bits per heavy atom. The van der Waals surface area contributed by atoms with Crippen LogP contribution in [0.1, 0.15) is 38.3 Å². The van der Waals surface area contributed by atoms with E-state index in [2.05, 4.69) is 38.5 Å². The molecule has 1 amide bonds. The molecule has 2 aliphatic heterocycles. The highest BCUT2D eigenvalue weighted by molar-refractivity contribution is 5.85. The average Bonchev–Trinajstić information content (AvgIpc) is 3.10. The number of piperidine rings is 1. The Bertz CT molecular complexity index is 513. The molecule has 7 heteroatoms. The molecule has 2 fully saturated rings. The smallest absolute Gasteiger partial charge is 0.237 e. The molecule has 6 nitrogen and oxygen atoms in total. The van der Waals surface area contributed by atoms with Gasteiger partial charge in [0.15, 0.2) is 0 Å². The summed E-state index contributed by atoms with van der Waals surface area (Å²) < 4.78 is 0. The summed E-state index contributed by atoms with van der Waals surface area (Å²) in [6.45, 7) is 4.93. The van der Waals surface area contributed by atoms with Gasteiger partial charge in [0.2, 0.25) is 5.91 Å². The van der Waals surface area contributed by atoms with Crippen LogP contribution in [0, 0.1) is 0 Å². The SMILES string of the molecule is CCc1cc(N2CCC(NC(=O)C3CCCN3)CC2)ncn1.Cl. The Balaban J connectivity index is 0.00000192. The number of nitrogens with one attached hydrogen (secondary N) is 2. The molecule has 3 rings (SSSR count). The maximum absolute atomic E-state index is 12.1. The number of nitrogens with zero attached hydrogens (tertiary/aromatic N) is 3.